The number of hydrogen-bond donors (Lipinski definition) is 1. The van der Waals surface area contributed by atoms with Gasteiger partial charge in [-0.15, -0.1) is 0 Å². The van der Waals surface area contributed by atoms with Gasteiger partial charge in [-0.25, -0.2) is 5.90 Å². The third-order valence-corrected chi connectivity index (χ3v) is 3.28. The van der Waals surface area contributed by atoms with E-state index in [2.05, 4.69) is 4.84 Å². The van der Waals surface area contributed by atoms with Gasteiger partial charge in [-0.05, 0) is 31.0 Å². The summed E-state index contributed by atoms with van der Waals surface area (Å²) in [5.74, 6) is 5.04. The third-order valence-electron chi connectivity index (χ3n) is 3.28. The molecule has 0 aliphatic carbocycles. The van der Waals surface area contributed by atoms with Crippen molar-refractivity contribution in [1.29, 1.82) is 0 Å². The molecule has 1 atom stereocenters. The number of nitrogens with zero attached hydrogens (tertiary/aromatic N) is 1. The number of rotatable bonds is 3. The first-order valence-electron chi connectivity index (χ1n) is 5.76. The molecule has 18 heavy (non-hydrogen) atoms. The van der Waals surface area contributed by atoms with Gasteiger partial charge >= 0.3 is 6.18 Å². The van der Waals surface area contributed by atoms with E-state index in [4.69, 9.17) is 5.90 Å². The minimum Gasteiger partial charge on any atom is -0.366 e. The zero-order chi connectivity index (χ0) is 13.3. The second-order valence-electron chi connectivity index (χ2n) is 4.28. The maximum Gasteiger partial charge on any atom is 0.416 e. The van der Waals surface area contributed by atoms with Crippen LogP contribution in [0.15, 0.2) is 18.2 Å². The molecule has 0 fully saturated rings. The zero-order valence-electron chi connectivity index (χ0n) is 10.00. The van der Waals surface area contributed by atoms with Crippen molar-refractivity contribution in [3.63, 3.8) is 0 Å². The molecular formula is C12H15F3N2O. The van der Waals surface area contributed by atoms with Gasteiger partial charge in [0, 0.05) is 12.2 Å². The summed E-state index contributed by atoms with van der Waals surface area (Å²) in [5.41, 5.74) is 0.418. The lowest BCUT2D eigenvalue weighted by Crippen LogP contribution is -2.36. The Kier molecular flexibility index (Phi) is 3.49. The molecule has 0 spiro atoms. The number of halogens is 3. The van der Waals surface area contributed by atoms with Gasteiger partial charge < -0.3 is 9.74 Å². The molecule has 0 bridgehead atoms. The van der Waals surface area contributed by atoms with Gasteiger partial charge in [0.15, 0.2) is 0 Å². The summed E-state index contributed by atoms with van der Waals surface area (Å²) >= 11 is 0. The van der Waals surface area contributed by atoms with Crippen LogP contribution in [0.4, 0.5) is 18.9 Å². The van der Waals surface area contributed by atoms with E-state index in [1.807, 2.05) is 11.8 Å². The number of likely N-dealkylation sites (N-methyl/N-ethyl adjacent to an activating group) is 1. The summed E-state index contributed by atoms with van der Waals surface area (Å²) < 4.78 is 38.7. The number of fused-ring (bicyclic) bond motifs is 1. The van der Waals surface area contributed by atoms with Crippen molar-refractivity contribution in [2.24, 2.45) is 5.90 Å². The highest BCUT2D eigenvalue weighted by Gasteiger charge is 2.39. The Balaban J connectivity index is 2.43. The summed E-state index contributed by atoms with van der Waals surface area (Å²) in [6.45, 7) is 2.75. The van der Waals surface area contributed by atoms with E-state index in [1.165, 1.54) is 6.07 Å². The Morgan fingerprint density at radius 1 is 1.44 bits per heavy atom. The number of alkyl halides is 3. The average molecular weight is 260 g/mol. The van der Waals surface area contributed by atoms with Gasteiger partial charge in [0.1, 0.15) is 0 Å². The van der Waals surface area contributed by atoms with Gasteiger partial charge in [-0.2, -0.15) is 13.2 Å². The standard InChI is InChI=1S/C12H15F3N2O/c1-2-17-8(7-18-16)6-9-10(12(13,14)15)4-3-5-11(9)17/h3-5,8H,2,6-7,16H2,1H3. The van der Waals surface area contributed by atoms with E-state index < -0.39 is 11.7 Å². The molecule has 2 N–H and O–H groups in total. The van der Waals surface area contributed by atoms with Crippen molar-refractivity contribution in [1.82, 2.24) is 0 Å². The molecule has 1 unspecified atom stereocenters. The van der Waals surface area contributed by atoms with E-state index in [9.17, 15) is 13.2 Å². The Morgan fingerprint density at radius 3 is 2.72 bits per heavy atom. The highest BCUT2D eigenvalue weighted by atomic mass is 19.4. The summed E-state index contributed by atoms with van der Waals surface area (Å²) in [6, 6.07) is 4.15. The average Bonchev–Trinajstić information content (AvgIpc) is 2.65. The van der Waals surface area contributed by atoms with Gasteiger partial charge in [-0.1, -0.05) is 6.07 Å². The maximum atomic E-state index is 12.9. The number of hydrogen-bond acceptors (Lipinski definition) is 3. The molecule has 0 saturated heterocycles. The topological polar surface area (TPSA) is 38.5 Å². The molecule has 6 heteroatoms. The molecule has 0 amide bonds. The SMILES string of the molecule is CCN1c2cccc(C(F)(F)F)c2CC1CON. The Morgan fingerprint density at radius 2 is 2.17 bits per heavy atom. The predicted molar refractivity (Wildman–Crippen MR) is 62.1 cm³/mol. The molecule has 1 heterocycles. The van der Waals surface area contributed by atoms with Crippen LogP contribution in [0.1, 0.15) is 18.1 Å². The lowest BCUT2D eigenvalue weighted by Gasteiger charge is -2.25. The van der Waals surface area contributed by atoms with Crippen LogP contribution in [0.3, 0.4) is 0 Å². The Hall–Kier alpha value is -1.27. The van der Waals surface area contributed by atoms with Gasteiger partial charge in [0.2, 0.25) is 0 Å². The van der Waals surface area contributed by atoms with Crippen molar-refractivity contribution in [3.8, 4) is 0 Å². The van der Waals surface area contributed by atoms with Gasteiger partial charge in [0.05, 0.1) is 18.2 Å². The van der Waals surface area contributed by atoms with Gasteiger partial charge in [0.25, 0.3) is 0 Å². The fourth-order valence-corrected chi connectivity index (χ4v) is 2.55. The lowest BCUT2D eigenvalue weighted by atomic mass is 10.0. The largest absolute Gasteiger partial charge is 0.416 e. The van der Waals surface area contributed by atoms with Crippen molar-refractivity contribution < 1.29 is 18.0 Å². The quantitative estimate of drug-likeness (QED) is 0.848. The molecular weight excluding hydrogens is 245 g/mol. The first-order chi connectivity index (χ1) is 8.49. The normalized spacial score (nSPS) is 19.2. The molecule has 0 radical (unpaired) electrons. The summed E-state index contributed by atoms with van der Waals surface area (Å²) in [6.07, 6.45) is -4.00. The molecule has 1 aliphatic heterocycles. The van der Waals surface area contributed by atoms with Crippen LogP contribution in [-0.2, 0) is 17.4 Å². The van der Waals surface area contributed by atoms with Crippen molar-refractivity contribution in [3.05, 3.63) is 29.3 Å². The van der Waals surface area contributed by atoms with Crippen LogP contribution in [-0.4, -0.2) is 19.2 Å². The first kappa shape index (κ1) is 13.2. The molecule has 2 rings (SSSR count). The van der Waals surface area contributed by atoms with Crippen molar-refractivity contribution >= 4 is 5.69 Å². The molecule has 1 aromatic rings. The highest BCUT2D eigenvalue weighted by molar-refractivity contribution is 5.62. The van der Waals surface area contributed by atoms with Gasteiger partial charge in [-0.3, -0.25) is 0 Å². The minimum atomic E-state index is -4.32. The number of nitrogens with two attached hydrogens (primary N) is 1. The van der Waals surface area contributed by atoms with Crippen LogP contribution in [0, 0.1) is 0 Å². The molecule has 1 aliphatic rings. The summed E-state index contributed by atoms with van der Waals surface area (Å²) in [4.78, 5) is 6.49. The second kappa shape index (κ2) is 4.78. The van der Waals surface area contributed by atoms with Crippen LogP contribution in [0.25, 0.3) is 0 Å². The zero-order valence-corrected chi connectivity index (χ0v) is 10.00. The highest BCUT2D eigenvalue weighted by Crippen LogP contribution is 2.41. The van der Waals surface area contributed by atoms with Crippen LogP contribution in [0.5, 0.6) is 0 Å². The second-order valence-corrected chi connectivity index (χ2v) is 4.28. The summed E-state index contributed by atoms with van der Waals surface area (Å²) in [5, 5.41) is 0. The summed E-state index contributed by atoms with van der Waals surface area (Å²) in [7, 11) is 0. The predicted octanol–water partition coefficient (Wildman–Crippen LogP) is 2.35. The van der Waals surface area contributed by atoms with E-state index in [-0.39, 0.29) is 12.6 Å². The van der Waals surface area contributed by atoms with Crippen LogP contribution >= 0.6 is 0 Å². The number of anilines is 1. The van der Waals surface area contributed by atoms with Crippen LogP contribution < -0.4 is 10.8 Å². The van der Waals surface area contributed by atoms with Crippen molar-refractivity contribution in [2.75, 3.05) is 18.1 Å². The van der Waals surface area contributed by atoms with E-state index in [0.29, 0.717) is 24.2 Å². The molecule has 0 saturated carbocycles. The van der Waals surface area contributed by atoms with E-state index in [1.54, 1.807) is 6.07 Å². The van der Waals surface area contributed by atoms with E-state index >= 15 is 0 Å². The monoisotopic (exact) mass is 260 g/mol. The van der Waals surface area contributed by atoms with Crippen molar-refractivity contribution in [2.45, 2.75) is 25.6 Å². The Labute approximate surface area is 103 Å². The molecule has 0 aromatic heterocycles. The maximum absolute atomic E-state index is 12.9. The number of benzene rings is 1. The first-order valence-corrected chi connectivity index (χ1v) is 5.76. The fraction of sp³-hybridized carbons (Fsp3) is 0.500. The minimum absolute atomic E-state index is 0.126. The fourth-order valence-electron chi connectivity index (χ4n) is 2.55. The molecule has 3 nitrogen and oxygen atoms in total. The molecule has 100 valence electrons. The third kappa shape index (κ3) is 2.18. The molecule has 1 aromatic carbocycles. The van der Waals surface area contributed by atoms with E-state index in [0.717, 1.165) is 6.07 Å². The van der Waals surface area contributed by atoms with Crippen LogP contribution in [0.2, 0.25) is 0 Å². The Bertz CT molecular complexity index is 434. The lowest BCUT2D eigenvalue weighted by molar-refractivity contribution is -0.138. The smallest absolute Gasteiger partial charge is 0.366 e.